The lowest BCUT2D eigenvalue weighted by atomic mass is 10.1. The number of amides is 1. The molecule has 0 spiro atoms. The van der Waals surface area contributed by atoms with Crippen LogP contribution >= 0.6 is 15.9 Å². The predicted octanol–water partition coefficient (Wildman–Crippen LogP) is 3.99. The molecule has 4 nitrogen and oxygen atoms in total. The van der Waals surface area contributed by atoms with E-state index in [9.17, 15) is 9.18 Å². The molecule has 0 bridgehead atoms. The average molecular weight is 432 g/mol. The Labute approximate surface area is 167 Å². The predicted molar refractivity (Wildman–Crippen MR) is 111 cm³/mol. The van der Waals surface area contributed by atoms with Gasteiger partial charge >= 0.3 is 0 Å². The zero-order chi connectivity index (χ0) is 19.2. The van der Waals surface area contributed by atoms with E-state index in [1.54, 1.807) is 12.1 Å². The summed E-state index contributed by atoms with van der Waals surface area (Å²) in [7, 11) is 2.14. The van der Waals surface area contributed by atoms with Crippen LogP contribution in [0, 0.1) is 5.82 Å². The lowest BCUT2D eigenvalue weighted by Gasteiger charge is -2.32. The molecule has 1 aliphatic rings. The minimum Gasteiger partial charge on any atom is -0.323 e. The van der Waals surface area contributed by atoms with Crippen molar-refractivity contribution >= 4 is 33.6 Å². The van der Waals surface area contributed by atoms with Gasteiger partial charge in [0.1, 0.15) is 5.82 Å². The summed E-state index contributed by atoms with van der Waals surface area (Å²) in [4.78, 5) is 16.9. The summed E-state index contributed by atoms with van der Waals surface area (Å²) < 4.78 is 14.5. The molecule has 0 unspecified atom stereocenters. The molecular weight excluding hydrogens is 409 g/mol. The van der Waals surface area contributed by atoms with Gasteiger partial charge in [-0.1, -0.05) is 28.1 Å². The number of piperazine rings is 1. The van der Waals surface area contributed by atoms with Gasteiger partial charge in [-0.15, -0.1) is 0 Å². The topological polar surface area (TPSA) is 35.6 Å². The third-order valence-corrected chi connectivity index (χ3v) is 5.06. The zero-order valence-electron chi connectivity index (χ0n) is 15.3. The normalized spacial score (nSPS) is 16.0. The quantitative estimate of drug-likeness (QED) is 0.726. The SMILES string of the molecule is CN1CCN(Cc2cccc(NC(=O)/C=C/c3cc(Br)ccc3F)c2)CC1. The summed E-state index contributed by atoms with van der Waals surface area (Å²) in [5.74, 6) is -0.650. The van der Waals surface area contributed by atoms with Crippen molar-refractivity contribution in [2.45, 2.75) is 6.54 Å². The lowest BCUT2D eigenvalue weighted by molar-refractivity contribution is -0.111. The Morgan fingerprint density at radius 2 is 1.96 bits per heavy atom. The van der Waals surface area contributed by atoms with Crippen LogP contribution in [0.5, 0.6) is 0 Å². The molecule has 1 heterocycles. The smallest absolute Gasteiger partial charge is 0.248 e. The van der Waals surface area contributed by atoms with Gasteiger partial charge in [0.05, 0.1) is 0 Å². The highest BCUT2D eigenvalue weighted by Gasteiger charge is 2.14. The third kappa shape index (κ3) is 5.99. The van der Waals surface area contributed by atoms with Crippen LogP contribution in [0.2, 0.25) is 0 Å². The van der Waals surface area contributed by atoms with Gasteiger partial charge in [-0.05, 0) is 49.0 Å². The monoisotopic (exact) mass is 431 g/mol. The van der Waals surface area contributed by atoms with Crippen LogP contribution in [0.3, 0.4) is 0 Å². The van der Waals surface area contributed by atoms with Gasteiger partial charge in [-0.3, -0.25) is 9.69 Å². The average Bonchev–Trinajstić information content (AvgIpc) is 2.65. The third-order valence-electron chi connectivity index (χ3n) is 4.57. The maximum Gasteiger partial charge on any atom is 0.248 e. The molecule has 1 aliphatic heterocycles. The number of hydrogen-bond donors (Lipinski definition) is 1. The summed E-state index contributed by atoms with van der Waals surface area (Å²) in [5.41, 5.74) is 2.27. The molecule has 0 aliphatic carbocycles. The highest BCUT2D eigenvalue weighted by atomic mass is 79.9. The molecule has 0 aromatic heterocycles. The van der Waals surface area contributed by atoms with Crippen molar-refractivity contribution in [3.05, 3.63) is 70.0 Å². The number of nitrogens with zero attached hydrogens (tertiary/aromatic N) is 2. The molecule has 142 valence electrons. The molecule has 2 aromatic carbocycles. The molecule has 3 rings (SSSR count). The fourth-order valence-electron chi connectivity index (χ4n) is 3.00. The first-order valence-corrected chi connectivity index (χ1v) is 9.73. The van der Waals surface area contributed by atoms with Crippen LogP contribution in [0.4, 0.5) is 10.1 Å². The van der Waals surface area contributed by atoms with Crippen molar-refractivity contribution in [3.63, 3.8) is 0 Å². The molecule has 0 atom stereocenters. The second kappa shape index (κ2) is 9.26. The van der Waals surface area contributed by atoms with E-state index in [1.165, 1.54) is 23.8 Å². The number of anilines is 1. The van der Waals surface area contributed by atoms with Crippen molar-refractivity contribution in [2.24, 2.45) is 0 Å². The molecule has 1 N–H and O–H groups in total. The second-order valence-electron chi connectivity index (χ2n) is 6.77. The molecule has 1 amide bonds. The first-order valence-electron chi connectivity index (χ1n) is 8.93. The van der Waals surface area contributed by atoms with Gasteiger partial charge in [-0.25, -0.2) is 4.39 Å². The highest BCUT2D eigenvalue weighted by molar-refractivity contribution is 9.10. The fraction of sp³-hybridized carbons (Fsp3) is 0.286. The van der Waals surface area contributed by atoms with E-state index in [0.29, 0.717) is 5.56 Å². The number of carbonyl (C=O) groups excluding carboxylic acids is 1. The molecule has 1 fully saturated rings. The van der Waals surface area contributed by atoms with Gasteiger partial charge in [0.25, 0.3) is 0 Å². The number of carbonyl (C=O) groups is 1. The van der Waals surface area contributed by atoms with E-state index >= 15 is 0 Å². The largest absolute Gasteiger partial charge is 0.323 e. The minimum atomic E-state index is -0.364. The number of nitrogens with one attached hydrogen (secondary N) is 1. The Kier molecular flexibility index (Phi) is 6.77. The van der Waals surface area contributed by atoms with Crippen molar-refractivity contribution in [2.75, 3.05) is 38.5 Å². The van der Waals surface area contributed by atoms with Crippen molar-refractivity contribution in [1.82, 2.24) is 9.80 Å². The highest BCUT2D eigenvalue weighted by Crippen LogP contribution is 2.17. The minimum absolute atomic E-state index is 0.286. The first kappa shape index (κ1) is 19.7. The Balaban J connectivity index is 1.59. The second-order valence-corrected chi connectivity index (χ2v) is 7.68. The standard InChI is InChI=1S/C21H23BrFN3O/c1-25-9-11-26(12-10-25)15-16-3-2-4-19(13-16)24-21(27)8-5-17-14-18(22)6-7-20(17)23/h2-8,13-14H,9-12,15H2,1H3,(H,24,27)/b8-5+. The Morgan fingerprint density at radius 3 is 2.74 bits per heavy atom. The van der Waals surface area contributed by atoms with Crippen LogP contribution in [0.1, 0.15) is 11.1 Å². The number of hydrogen-bond acceptors (Lipinski definition) is 3. The molecular formula is C21H23BrFN3O. The lowest BCUT2D eigenvalue weighted by Crippen LogP contribution is -2.43. The summed E-state index contributed by atoms with van der Waals surface area (Å²) in [6.07, 6.45) is 2.82. The van der Waals surface area contributed by atoms with E-state index in [1.807, 2.05) is 18.2 Å². The summed E-state index contributed by atoms with van der Waals surface area (Å²) >= 11 is 3.30. The van der Waals surface area contributed by atoms with Crippen LogP contribution in [0.15, 0.2) is 53.0 Å². The van der Waals surface area contributed by atoms with Gasteiger partial charge in [0.15, 0.2) is 0 Å². The van der Waals surface area contributed by atoms with Crippen molar-refractivity contribution < 1.29 is 9.18 Å². The summed E-state index contributed by atoms with van der Waals surface area (Å²) in [6.45, 7) is 5.12. The van der Waals surface area contributed by atoms with Gasteiger partial charge in [0.2, 0.25) is 5.91 Å². The first-order chi connectivity index (χ1) is 13.0. The molecule has 0 saturated carbocycles. The van der Waals surface area contributed by atoms with Crippen LogP contribution < -0.4 is 5.32 Å². The summed E-state index contributed by atoms with van der Waals surface area (Å²) in [5, 5.41) is 2.84. The van der Waals surface area contributed by atoms with Gasteiger partial charge in [-0.2, -0.15) is 0 Å². The number of rotatable bonds is 5. The van der Waals surface area contributed by atoms with Gasteiger partial charge in [0, 0.05) is 54.5 Å². The molecule has 1 saturated heterocycles. The Hall–Kier alpha value is -2.02. The number of benzene rings is 2. The maximum atomic E-state index is 13.7. The van der Waals surface area contributed by atoms with E-state index < -0.39 is 0 Å². The van der Waals surface area contributed by atoms with E-state index in [-0.39, 0.29) is 11.7 Å². The van der Waals surface area contributed by atoms with Gasteiger partial charge < -0.3 is 10.2 Å². The van der Waals surface area contributed by atoms with Crippen LogP contribution in [0.25, 0.3) is 6.08 Å². The van der Waals surface area contributed by atoms with Crippen LogP contribution in [-0.4, -0.2) is 48.9 Å². The summed E-state index contributed by atoms with van der Waals surface area (Å²) in [6, 6.07) is 12.5. The molecule has 2 aromatic rings. The van der Waals surface area contributed by atoms with Crippen LogP contribution in [-0.2, 0) is 11.3 Å². The van der Waals surface area contributed by atoms with E-state index in [0.717, 1.165) is 42.9 Å². The molecule has 27 heavy (non-hydrogen) atoms. The Morgan fingerprint density at radius 1 is 1.19 bits per heavy atom. The zero-order valence-corrected chi connectivity index (χ0v) is 16.9. The number of likely N-dealkylation sites (N-methyl/N-ethyl adjacent to an activating group) is 1. The molecule has 6 heteroatoms. The molecule has 0 radical (unpaired) electrons. The number of halogens is 2. The van der Waals surface area contributed by atoms with Crippen molar-refractivity contribution in [3.8, 4) is 0 Å². The maximum absolute atomic E-state index is 13.7. The Bertz CT molecular complexity index is 832. The fourth-order valence-corrected chi connectivity index (χ4v) is 3.38. The van der Waals surface area contributed by atoms with Crippen molar-refractivity contribution in [1.29, 1.82) is 0 Å². The van der Waals surface area contributed by atoms with E-state index in [4.69, 9.17) is 0 Å². The van der Waals surface area contributed by atoms with E-state index in [2.05, 4.69) is 44.2 Å².